The van der Waals surface area contributed by atoms with Crippen LogP contribution >= 0.6 is 0 Å². The molecule has 0 aromatic carbocycles. The van der Waals surface area contributed by atoms with E-state index in [0.29, 0.717) is 12.0 Å². The summed E-state index contributed by atoms with van der Waals surface area (Å²) in [6.45, 7) is 2.23. The van der Waals surface area contributed by atoms with Gasteiger partial charge in [0.2, 0.25) is 0 Å². The molecule has 6 rings (SSSR count). The maximum atomic E-state index is 10.9. The van der Waals surface area contributed by atoms with Crippen LogP contribution in [0.1, 0.15) is 135 Å². The first kappa shape index (κ1) is 37.3. The zero-order valence-corrected chi connectivity index (χ0v) is 30.3. The quantitative estimate of drug-likeness (QED) is 0.148. The third-order valence-corrected chi connectivity index (χ3v) is 13.2. The molecule has 4 nitrogen and oxygen atoms in total. The number of carbonyl (C=O) groups is 1. The predicted molar refractivity (Wildman–Crippen MR) is 171 cm³/mol. The Kier molecular flexibility index (Phi) is 16.4. The molecule has 0 spiro atoms. The fourth-order valence-corrected chi connectivity index (χ4v) is 10.5. The fourth-order valence-electron chi connectivity index (χ4n) is 10.5. The first-order valence-corrected chi connectivity index (χ1v) is 17.9. The standard InChI is InChI=1S/C20H32O.C18H30O2.Na.H2O/c1-3-15-4-9-20-13-19(11-10-18(20)12-15)17-7-5-16(6-8-17)14-21-2;1-20-18-9-8-16-10-15(6-7-17(16)11-18)14-4-2-13(12-19)3-5-14;;/h3,14,17-20H,4-13H2,1-2H3;12-18H,2-11H2,1H3;;1H2/q;;+1;/p-1. The monoisotopic (exact) mass is 606 g/mol. The average molecular weight is 607 g/mol. The minimum Gasteiger partial charge on any atom is -0.870 e. The van der Waals surface area contributed by atoms with Gasteiger partial charge in [-0.25, -0.2) is 0 Å². The van der Waals surface area contributed by atoms with Gasteiger partial charge in [0.15, 0.2) is 0 Å². The SMILES string of the molecule is CC=C1CCC2CC(C3CCC(=COC)CC3)CCC2C1.COC1CCC2CC(C3CCC(C=O)CC3)CCC2C1.[Na+].[OH-]. The van der Waals surface area contributed by atoms with Crippen LogP contribution in [-0.4, -0.2) is 32.1 Å². The van der Waals surface area contributed by atoms with Crippen LogP contribution in [-0.2, 0) is 14.3 Å². The maximum Gasteiger partial charge on any atom is 1.00 e. The van der Waals surface area contributed by atoms with Crippen molar-refractivity contribution in [2.45, 2.75) is 141 Å². The van der Waals surface area contributed by atoms with Crippen molar-refractivity contribution in [1.29, 1.82) is 0 Å². The Balaban J connectivity index is 0.000000225. The van der Waals surface area contributed by atoms with Gasteiger partial charge in [-0.3, -0.25) is 0 Å². The van der Waals surface area contributed by atoms with Crippen molar-refractivity contribution >= 4 is 6.29 Å². The summed E-state index contributed by atoms with van der Waals surface area (Å²) in [5.74, 6) is 8.28. The molecule has 0 bridgehead atoms. The molecule has 240 valence electrons. The van der Waals surface area contributed by atoms with Gasteiger partial charge in [0.1, 0.15) is 6.29 Å². The molecule has 0 radical (unpaired) electrons. The summed E-state index contributed by atoms with van der Waals surface area (Å²) in [6, 6.07) is 0. The largest absolute Gasteiger partial charge is 1.00 e. The zero-order chi connectivity index (χ0) is 28.6. The van der Waals surface area contributed by atoms with Gasteiger partial charge in [-0.1, -0.05) is 11.6 Å². The first-order chi connectivity index (χ1) is 20.1. The maximum absolute atomic E-state index is 10.9. The molecule has 6 saturated carbocycles. The van der Waals surface area contributed by atoms with Crippen LogP contribution in [0, 0.1) is 53.3 Å². The van der Waals surface area contributed by atoms with Crippen molar-refractivity contribution in [1.82, 2.24) is 0 Å². The summed E-state index contributed by atoms with van der Waals surface area (Å²) in [4.78, 5) is 10.9. The molecule has 0 aliphatic heterocycles. The number of rotatable bonds is 5. The minimum atomic E-state index is 0. The van der Waals surface area contributed by atoms with Crippen LogP contribution in [0.25, 0.3) is 0 Å². The van der Waals surface area contributed by atoms with Crippen LogP contribution in [0.5, 0.6) is 0 Å². The normalized spacial score (nSPS) is 40.3. The number of ether oxygens (including phenoxy) is 2. The van der Waals surface area contributed by atoms with E-state index in [-0.39, 0.29) is 35.0 Å². The molecule has 7 atom stereocenters. The summed E-state index contributed by atoms with van der Waals surface area (Å²) >= 11 is 0. The number of methoxy groups -OCH3 is 2. The van der Waals surface area contributed by atoms with E-state index < -0.39 is 0 Å². The van der Waals surface area contributed by atoms with E-state index in [9.17, 15) is 4.79 Å². The summed E-state index contributed by atoms with van der Waals surface area (Å²) < 4.78 is 10.8. The molecule has 0 aromatic rings. The Labute approximate surface area is 286 Å². The molecule has 6 fully saturated rings. The molecule has 0 heterocycles. The Hall–Kier alpha value is -0.130. The molecule has 6 aliphatic rings. The van der Waals surface area contributed by atoms with Crippen LogP contribution in [0.15, 0.2) is 23.5 Å². The molecular weight excluding hydrogens is 543 g/mol. The van der Waals surface area contributed by atoms with E-state index in [2.05, 4.69) is 13.0 Å². The molecule has 5 heteroatoms. The number of allylic oxidation sites excluding steroid dienone is 3. The number of aldehydes is 1. The van der Waals surface area contributed by atoms with Crippen molar-refractivity contribution in [2.24, 2.45) is 53.3 Å². The van der Waals surface area contributed by atoms with Crippen molar-refractivity contribution in [3.8, 4) is 0 Å². The van der Waals surface area contributed by atoms with Gasteiger partial charge in [0, 0.05) is 13.0 Å². The number of hydrogen-bond donors (Lipinski definition) is 0. The summed E-state index contributed by atoms with van der Waals surface area (Å²) in [5.41, 5.74) is 3.28. The molecule has 0 saturated heterocycles. The summed E-state index contributed by atoms with van der Waals surface area (Å²) in [7, 11) is 3.66. The summed E-state index contributed by atoms with van der Waals surface area (Å²) in [6.07, 6.45) is 33.6. The van der Waals surface area contributed by atoms with Crippen molar-refractivity contribution < 1.29 is 49.3 Å². The van der Waals surface area contributed by atoms with Crippen molar-refractivity contribution in [3.05, 3.63) is 23.5 Å². The minimum absolute atomic E-state index is 0. The van der Waals surface area contributed by atoms with Gasteiger partial charge in [-0.15, -0.1) is 0 Å². The molecule has 43 heavy (non-hydrogen) atoms. The molecular formula is C38H63NaO4. The van der Waals surface area contributed by atoms with Gasteiger partial charge in [0.25, 0.3) is 0 Å². The van der Waals surface area contributed by atoms with Crippen LogP contribution in [0.2, 0.25) is 0 Å². The van der Waals surface area contributed by atoms with Crippen LogP contribution in [0.4, 0.5) is 0 Å². The molecule has 6 aliphatic carbocycles. The van der Waals surface area contributed by atoms with E-state index >= 15 is 0 Å². The number of carbonyl (C=O) groups excluding carboxylic acids is 1. The molecule has 1 N–H and O–H groups in total. The van der Waals surface area contributed by atoms with E-state index in [1.807, 2.05) is 13.4 Å². The smallest absolute Gasteiger partial charge is 0.870 e. The Bertz CT molecular complexity index is 867. The van der Waals surface area contributed by atoms with Crippen LogP contribution in [0.3, 0.4) is 0 Å². The Morgan fingerprint density at radius 1 is 0.581 bits per heavy atom. The Morgan fingerprint density at radius 3 is 1.63 bits per heavy atom. The number of fused-ring (bicyclic) bond motifs is 2. The molecule has 0 aromatic heterocycles. The second-order valence-electron chi connectivity index (χ2n) is 15.2. The topological polar surface area (TPSA) is 65.5 Å². The zero-order valence-electron chi connectivity index (χ0n) is 28.3. The van der Waals surface area contributed by atoms with E-state index in [1.54, 1.807) is 12.7 Å². The van der Waals surface area contributed by atoms with Gasteiger partial charge in [-0.2, -0.15) is 0 Å². The fraction of sp³-hybridized carbons (Fsp3) is 0.868. The predicted octanol–water partition coefficient (Wildman–Crippen LogP) is 6.92. The number of hydrogen-bond acceptors (Lipinski definition) is 4. The molecule has 7 unspecified atom stereocenters. The third kappa shape index (κ3) is 10.2. The van der Waals surface area contributed by atoms with Crippen LogP contribution < -0.4 is 29.6 Å². The Morgan fingerprint density at radius 2 is 1.05 bits per heavy atom. The molecule has 0 amide bonds. The first-order valence-electron chi connectivity index (χ1n) is 17.9. The van der Waals surface area contributed by atoms with E-state index in [1.165, 1.54) is 127 Å². The van der Waals surface area contributed by atoms with Gasteiger partial charge in [0.05, 0.1) is 19.5 Å². The van der Waals surface area contributed by atoms with Gasteiger partial charge in [-0.05, 0) is 188 Å². The average Bonchev–Trinajstić information content (AvgIpc) is 3.04. The summed E-state index contributed by atoms with van der Waals surface area (Å²) in [5, 5.41) is 0. The van der Waals surface area contributed by atoms with Crippen molar-refractivity contribution in [3.63, 3.8) is 0 Å². The second-order valence-corrected chi connectivity index (χ2v) is 15.2. The van der Waals surface area contributed by atoms with E-state index in [0.717, 1.165) is 60.2 Å². The van der Waals surface area contributed by atoms with E-state index in [4.69, 9.17) is 9.47 Å². The van der Waals surface area contributed by atoms with Gasteiger partial charge >= 0.3 is 29.6 Å². The van der Waals surface area contributed by atoms with Crippen molar-refractivity contribution in [2.75, 3.05) is 14.2 Å². The second kappa shape index (κ2) is 18.9. The third-order valence-electron chi connectivity index (χ3n) is 13.2. The van der Waals surface area contributed by atoms with Gasteiger partial charge < -0.3 is 19.7 Å².